The van der Waals surface area contributed by atoms with Crippen LogP contribution >= 0.6 is 0 Å². The predicted molar refractivity (Wildman–Crippen MR) is 105 cm³/mol. The third-order valence-corrected chi connectivity index (χ3v) is 6.69. The SMILES string of the molecule is COc1ccc(CN2CC[C@]3(CCCN(CC4CC4)C3=O)C2)c(OC)c1C. The zero-order valence-electron chi connectivity index (χ0n) is 16.9. The van der Waals surface area contributed by atoms with E-state index in [1.807, 2.05) is 13.0 Å². The van der Waals surface area contributed by atoms with E-state index in [2.05, 4.69) is 15.9 Å². The molecule has 0 unspecified atom stereocenters. The van der Waals surface area contributed by atoms with Crippen molar-refractivity contribution in [3.05, 3.63) is 23.3 Å². The molecule has 1 amide bonds. The van der Waals surface area contributed by atoms with E-state index in [9.17, 15) is 4.79 Å². The summed E-state index contributed by atoms with van der Waals surface area (Å²) < 4.78 is 11.1. The van der Waals surface area contributed by atoms with Gasteiger partial charge in [0, 0.05) is 37.3 Å². The Morgan fingerprint density at radius 1 is 1.15 bits per heavy atom. The maximum absolute atomic E-state index is 13.2. The van der Waals surface area contributed by atoms with Gasteiger partial charge in [-0.3, -0.25) is 9.69 Å². The number of hydrogen-bond acceptors (Lipinski definition) is 4. The summed E-state index contributed by atoms with van der Waals surface area (Å²) in [6.45, 7) is 6.67. The van der Waals surface area contributed by atoms with E-state index in [1.54, 1.807) is 14.2 Å². The van der Waals surface area contributed by atoms with Gasteiger partial charge in [0.1, 0.15) is 11.5 Å². The number of benzene rings is 1. The first kappa shape index (κ1) is 18.6. The Kier molecular flexibility index (Phi) is 5.06. The van der Waals surface area contributed by atoms with Gasteiger partial charge in [0.05, 0.1) is 19.6 Å². The van der Waals surface area contributed by atoms with Crippen LogP contribution in [-0.2, 0) is 11.3 Å². The van der Waals surface area contributed by atoms with Gasteiger partial charge in [-0.25, -0.2) is 0 Å². The van der Waals surface area contributed by atoms with Gasteiger partial charge in [-0.1, -0.05) is 6.07 Å². The number of carbonyl (C=O) groups is 1. The lowest BCUT2D eigenvalue weighted by Crippen LogP contribution is -2.50. The molecule has 148 valence electrons. The number of methoxy groups -OCH3 is 2. The average Bonchev–Trinajstić information content (AvgIpc) is 3.39. The van der Waals surface area contributed by atoms with Gasteiger partial charge in [0.2, 0.25) is 5.91 Å². The molecule has 3 aliphatic rings. The largest absolute Gasteiger partial charge is 0.496 e. The molecule has 4 rings (SSSR count). The monoisotopic (exact) mass is 372 g/mol. The van der Waals surface area contributed by atoms with Crippen LogP contribution in [0.15, 0.2) is 12.1 Å². The van der Waals surface area contributed by atoms with E-state index >= 15 is 0 Å². The molecule has 1 aromatic rings. The number of carbonyl (C=O) groups excluding carboxylic acids is 1. The van der Waals surface area contributed by atoms with Gasteiger partial charge >= 0.3 is 0 Å². The van der Waals surface area contributed by atoms with E-state index in [4.69, 9.17) is 9.47 Å². The minimum absolute atomic E-state index is 0.151. The molecule has 0 radical (unpaired) electrons. The van der Waals surface area contributed by atoms with Crippen LogP contribution in [0.3, 0.4) is 0 Å². The molecule has 5 nitrogen and oxygen atoms in total. The number of piperidine rings is 1. The highest BCUT2D eigenvalue weighted by molar-refractivity contribution is 5.84. The van der Waals surface area contributed by atoms with Crippen LogP contribution in [0, 0.1) is 18.3 Å². The quantitative estimate of drug-likeness (QED) is 0.769. The first-order valence-corrected chi connectivity index (χ1v) is 10.3. The lowest BCUT2D eigenvalue weighted by molar-refractivity contribution is -0.145. The number of hydrogen-bond donors (Lipinski definition) is 0. The van der Waals surface area contributed by atoms with Crippen molar-refractivity contribution < 1.29 is 14.3 Å². The molecular weight excluding hydrogens is 340 g/mol. The normalized spacial score (nSPS) is 26.0. The van der Waals surface area contributed by atoms with Crippen molar-refractivity contribution in [3.8, 4) is 11.5 Å². The Bertz CT molecular complexity index is 716. The maximum Gasteiger partial charge on any atom is 0.230 e. The molecule has 1 atom stereocenters. The fraction of sp³-hybridized carbons (Fsp3) is 0.682. The number of nitrogens with zero attached hydrogens (tertiary/aromatic N) is 2. The summed E-state index contributed by atoms with van der Waals surface area (Å²) in [5.74, 6) is 2.95. The first-order chi connectivity index (χ1) is 13.1. The fourth-order valence-corrected chi connectivity index (χ4v) is 5.01. The number of amides is 1. The van der Waals surface area contributed by atoms with Crippen LogP contribution in [0.4, 0.5) is 0 Å². The minimum Gasteiger partial charge on any atom is -0.496 e. The Morgan fingerprint density at radius 2 is 1.96 bits per heavy atom. The van der Waals surface area contributed by atoms with Crippen LogP contribution in [-0.4, -0.2) is 56.1 Å². The molecule has 3 fully saturated rings. The highest BCUT2D eigenvalue weighted by atomic mass is 16.5. The molecule has 2 saturated heterocycles. The summed E-state index contributed by atoms with van der Waals surface area (Å²) in [7, 11) is 3.41. The van der Waals surface area contributed by atoms with E-state index in [0.717, 1.165) is 75.0 Å². The molecule has 2 heterocycles. The standard InChI is InChI=1S/C22H32N2O3/c1-16-19(26-2)8-7-18(20(16)27-3)14-23-12-10-22(15-23)9-4-11-24(21(22)25)13-17-5-6-17/h7-8,17H,4-6,9-15H2,1-3H3/t22-/m1/s1. The number of ether oxygens (including phenoxy) is 2. The van der Waals surface area contributed by atoms with Gasteiger partial charge in [-0.2, -0.15) is 0 Å². The van der Waals surface area contributed by atoms with Crippen molar-refractivity contribution in [2.45, 2.75) is 45.6 Å². The molecule has 1 saturated carbocycles. The molecule has 27 heavy (non-hydrogen) atoms. The van der Waals surface area contributed by atoms with E-state index in [-0.39, 0.29) is 5.41 Å². The summed E-state index contributed by atoms with van der Waals surface area (Å²) in [4.78, 5) is 17.8. The van der Waals surface area contributed by atoms with Crippen molar-refractivity contribution >= 4 is 5.91 Å². The topological polar surface area (TPSA) is 42.0 Å². The second kappa shape index (κ2) is 7.34. The molecular formula is C22H32N2O3. The Hall–Kier alpha value is -1.75. The van der Waals surface area contributed by atoms with Crippen molar-refractivity contribution in [1.82, 2.24) is 9.80 Å². The highest BCUT2D eigenvalue weighted by Gasteiger charge is 2.48. The van der Waals surface area contributed by atoms with Crippen LogP contribution in [0.5, 0.6) is 11.5 Å². The summed E-state index contributed by atoms with van der Waals surface area (Å²) in [6, 6.07) is 4.11. The zero-order chi connectivity index (χ0) is 19.0. The van der Waals surface area contributed by atoms with Crippen LogP contribution in [0.1, 0.15) is 43.2 Å². The molecule has 0 bridgehead atoms. The summed E-state index contributed by atoms with van der Waals surface area (Å²) in [5.41, 5.74) is 2.06. The lowest BCUT2D eigenvalue weighted by atomic mass is 9.78. The van der Waals surface area contributed by atoms with Gasteiger partial charge < -0.3 is 14.4 Å². The van der Waals surface area contributed by atoms with Crippen molar-refractivity contribution in [3.63, 3.8) is 0 Å². The van der Waals surface area contributed by atoms with Crippen molar-refractivity contribution in [2.75, 3.05) is 40.4 Å². The Morgan fingerprint density at radius 3 is 2.67 bits per heavy atom. The second-order valence-electron chi connectivity index (χ2n) is 8.62. The molecule has 0 aromatic heterocycles. The molecule has 5 heteroatoms. The predicted octanol–water partition coefficient (Wildman–Crippen LogP) is 3.24. The summed E-state index contributed by atoms with van der Waals surface area (Å²) in [5, 5.41) is 0. The third kappa shape index (κ3) is 3.54. The minimum atomic E-state index is -0.151. The van der Waals surface area contributed by atoms with Gasteiger partial charge in [-0.05, 0) is 57.6 Å². The lowest BCUT2D eigenvalue weighted by Gasteiger charge is -2.39. The molecule has 1 aliphatic carbocycles. The maximum atomic E-state index is 13.2. The molecule has 0 N–H and O–H groups in total. The molecule has 2 aliphatic heterocycles. The Balaban J connectivity index is 1.46. The molecule has 1 aromatic carbocycles. The van der Waals surface area contributed by atoms with Crippen LogP contribution < -0.4 is 9.47 Å². The number of likely N-dealkylation sites (tertiary alicyclic amines) is 2. The van der Waals surface area contributed by atoms with E-state index in [0.29, 0.717) is 5.91 Å². The Labute approximate surface area is 162 Å². The van der Waals surface area contributed by atoms with Gasteiger partial charge in [0.15, 0.2) is 0 Å². The first-order valence-electron chi connectivity index (χ1n) is 10.3. The average molecular weight is 373 g/mol. The van der Waals surface area contributed by atoms with Gasteiger partial charge in [-0.15, -0.1) is 0 Å². The zero-order valence-corrected chi connectivity index (χ0v) is 16.9. The van der Waals surface area contributed by atoms with Crippen LogP contribution in [0.2, 0.25) is 0 Å². The summed E-state index contributed by atoms with van der Waals surface area (Å²) in [6.07, 6.45) is 5.79. The van der Waals surface area contributed by atoms with Crippen LogP contribution in [0.25, 0.3) is 0 Å². The smallest absolute Gasteiger partial charge is 0.230 e. The third-order valence-electron chi connectivity index (χ3n) is 6.69. The van der Waals surface area contributed by atoms with Crippen molar-refractivity contribution in [2.24, 2.45) is 11.3 Å². The second-order valence-corrected chi connectivity index (χ2v) is 8.62. The van der Waals surface area contributed by atoms with Crippen molar-refractivity contribution in [1.29, 1.82) is 0 Å². The highest BCUT2D eigenvalue weighted by Crippen LogP contribution is 2.42. The molecule has 1 spiro atoms. The van der Waals surface area contributed by atoms with E-state index in [1.165, 1.54) is 18.4 Å². The fourth-order valence-electron chi connectivity index (χ4n) is 5.01. The van der Waals surface area contributed by atoms with E-state index < -0.39 is 0 Å². The van der Waals surface area contributed by atoms with Gasteiger partial charge in [0.25, 0.3) is 0 Å². The number of rotatable bonds is 6. The summed E-state index contributed by atoms with van der Waals surface area (Å²) >= 11 is 0.